The number of pyridine rings is 1. The van der Waals surface area contributed by atoms with E-state index >= 15 is 0 Å². The molecule has 0 aliphatic rings. The third kappa shape index (κ3) is 2.92. The SMILES string of the molecule is Fc1cc(Br)ccc1Oc1ncc(Cl)cc1F. The minimum absolute atomic E-state index is 0.109. The first kappa shape index (κ1) is 12.3. The van der Waals surface area contributed by atoms with Crippen LogP contribution in [-0.2, 0) is 0 Å². The first-order valence-electron chi connectivity index (χ1n) is 4.50. The first-order valence-corrected chi connectivity index (χ1v) is 5.67. The van der Waals surface area contributed by atoms with Crippen molar-refractivity contribution in [2.75, 3.05) is 0 Å². The molecular formula is C11H5BrClF2NO. The molecule has 1 heterocycles. The Hall–Kier alpha value is -1.20. The molecule has 88 valence electrons. The van der Waals surface area contributed by atoms with E-state index in [1.54, 1.807) is 6.07 Å². The highest BCUT2D eigenvalue weighted by Crippen LogP contribution is 2.27. The van der Waals surface area contributed by atoms with Gasteiger partial charge in [-0.15, -0.1) is 0 Å². The average Bonchev–Trinajstić information content (AvgIpc) is 2.25. The standard InChI is InChI=1S/C11H5BrClF2NO/c12-6-1-2-10(8(14)3-6)17-11-9(15)4-7(13)5-16-11/h1-5H. The van der Waals surface area contributed by atoms with E-state index in [9.17, 15) is 8.78 Å². The van der Waals surface area contributed by atoms with Gasteiger partial charge in [-0.2, -0.15) is 0 Å². The Bertz CT molecular complexity index is 516. The maximum atomic E-state index is 13.4. The lowest BCUT2D eigenvalue weighted by Gasteiger charge is -2.06. The van der Waals surface area contributed by atoms with Crippen molar-refractivity contribution in [2.24, 2.45) is 0 Å². The maximum absolute atomic E-state index is 13.4. The van der Waals surface area contributed by atoms with Gasteiger partial charge in [-0.1, -0.05) is 27.5 Å². The second kappa shape index (κ2) is 4.98. The van der Waals surface area contributed by atoms with E-state index in [1.807, 2.05) is 0 Å². The highest BCUT2D eigenvalue weighted by Gasteiger charge is 2.10. The van der Waals surface area contributed by atoms with Crippen molar-refractivity contribution in [1.82, 2.24) is 4.98 Å². The normalized spacial score (nSPS) is 10.4. The zero-order chi connectivity index (χ0) is 12.4. The summed E-state index contributed by atoms with van der Waals surface area (Å²) in [7, 11) is 0. The maximum Gasteiger partial charge on any atom is 0.256 e. The number of benzene rings is 1. The third-order valence-corrected chi connectivity index (χ3v) is 2.57. The average molecular weight is 321 g/mol. The molecule has 1 aromatic heterocycles. The van der Waals surface area contributed by atoms with E-state index in [4.69, 9.17) is 16.3 Å². The van der Waals surface area contributed by atoms with Gasteiger partial charge in [0.15, 0.2) is 17.4 Å². The number of halogens is 4. The Labute approximate surface area is 109 Å². The molecule has 2 nitrogen and oxygen atoms in total. The summed E-state index contributed by atoms with van der Waals surface area (Å²) < 4.78 is 32.3. The molecule has 0 atom stereocenters. The van der Waals surface area contributed by atoms with Crippen LogP contribution in [0.4, 0.5) is 8.78 Å². The Balaban J connectivity index is 2.31. The molecule has 0 N–H and O–H groups in total. The summed E-state index contributed by atoms with van der Waals surface area (Å²) >= 11 is 8.64. The molecule has 1 aromatic carbocycles. The van der Waals surface area contributed by atoms with E-state index in [2.05, 4.69) is 20.9 Å². The fourth-order valence-electron chi connectivity index (χ4n) is 1.14. The number of rotatable bonds is 2. The number of nitrogens with zero attached hydrogens (tertiary/aromatic N) is 1. The number of hydrogen-bond donors (Lipinski definition) is 0. The summed E-state index contributed by atoms with van der Waals surface area (Å²) in [6.07, 6.45) is 1.22. The highest BCUT2D eigenvalue weighted by atomic mass is 79.9. The second-order valence-electron chi connectivity index (χ2n) is 3.12. The molecule has 2 rings (SSSR count). The molecule has 0 amide bonds. The Morgan fingerprint density at radius 3 is 2.59 bits per heavy atom. The number of hydrogen-bond acceptors (Lipinski definition) is 2. The molecule has 0 radical (unpaired) electrons. The van der Waals surface area contributed by atoms with Crippen LogP contribution in [-0.4, -0.2) is 4.98 Å². The van der Waals surface area contributed by atoms with Gasteiger partial charge in [-0.05, 0) is 24.3 Å². The van der Waals surface area contributed by atoms with Crippen molar-refractivity contribution in [3.05, 3.63) is 51.6 Å². The predicted molar refractivity (Wildman–Crippen MR) is 63.4 cm³/mol. The van der Waals surface area contributed by atoms with Gasteiger partial charge in [0.1, 0.15) is 0 Å². The lowest BCUT2D eigenvalue weighted by atomic mass is 10.3. The van der Waals surface area contributed by atoms with Crippen LogP contribution in [0, 0.1) is 11.6 Å². The molecule has 0 saturated carbocycles. The zero-order valence-corrected chi connectivity index (χ0v) is 10.6. The smallest absolute Gasteiger partial charge is 0.256 e. The van der Waals surface area contributed by atoms with Gasteiger partial charge in [0.2, 0.25) is 0 Å². The molecule has 6 heteroatoms. The van der Waals surface area contributed by atoms with Gasteiger partial charge in [-0.3, -0.25) is 0 Å². The first-order chi connectivity index (χ1) is 8.06. The molecular weight excluding hydrogens is 315 g/mol. The summed E-state index contributed by atoms with van der Waals surface area (Å²) in [5.74, 6) is -1.80. The summed E-state index contributed by atoms with van der Waals surface area (Å²) in [5.41, 5.74) is 0. The van der Waals surface area contributed by atoms with Crippen LogP contribution in [0.5, 0.6) is 11.6 Å². The zero-order valence-electron chi connectivity index (χ0n) is 8.25. The lowest BCUT2D eigenvalue weighted by molar-refractivity contribution is 0.398. The molecule has 0 unspecified atom stereocenters. The highest BCUT2D eigenvalue weighted by molar-refractivity contribution is 9.10. The van der Waals surface area contributed by atoms with Crippen LogP contribution in [0.15, 0.2) is 34.9 Å². The fraction of sp³-hybridized carbons (Fsp3) is 0. The van der Waals surface area contributed by atoms with Crippen LogP contribution in [0.25, 0.3) is 0 Å². The molecule has 0 aliphatic heterocycles. The van der Waals surface area contributed by atoms with Crippen molar-refractivity contribution in [2.45, 2.75) is 0 Å². The van der Waals surface area contributed by atoms with Crippen LogP contribution in [0.1, 0.15) is 0 Å². The van der Waals surface area contributed by atoms with Gasteiger partial charge in [0.05, 0.1) is 5.02 Å². The second-order valence-corrected chi connectivity index (χ2v) is 4.47. The van der Waals surface area contributed by atoms with E-state index in [0.29, 0.717) is 4.47 Å². The Morgan fingerprint density at radius 1 is 1.18 bits per heavy atom. The molecule has 0 aliphatic carbocycles. The quantitative estimate of drug-likeness (QED) is 0.809. The lowest BCUT2D eigenvalue weighted by Crippen LogP contribution is -1.94. The summed E-state index contributed by atoms with van der Waals surface area (Å²) in [6.45, 7) is 0. The monoisotopic (exact) mass is 319 g/mol. The van der Waals surface area contributed by atoms with Gasteiger partial charge in [-0.25, -0.2) is 13.8 Å². The van der Waals surface area contributed by atoms with Crippen molar-refractivity contribution in [1.29, 1.82) is 0 Å². The summed E-state index contributed by atoms with van der Waals surface area (Å²) in [6, 6.07) is 5.20. The fourth-order valence-corrected chi connectivity index (χ4v) is 1.62. The molecule has 2 aromatic rings. The minimum Gasteiger partial charge on any atom is -0.433 e. The van der Waals surface area contributed by atoms with Crippen LogP contribution >= 0.6 is 27.5 Å². The van der Waals surface area contributed by atoms with Crippen molar-refractivity contribution in [3.63, 3.8) is 0 Å². The van der Waals surface area contributed by atoms with Gasteiger partial charge in [0, 0.05) is 10.7 Å². The summed E-state index contributed by atoms with van der Waals surface area (Å²) in [4.78, 5) is 3.63. The van der Waals surface area contributed by atoms with Crippen molar-refractivity contribution >= 4 is 27.5 Å². The predicted octanol–water partition coefficient (Wildman–Crippen LogP) is 4.57. The van der Waals surface area contributed by atoms with Crippen LogP contribution in [0.2, 0.25) is 5.02 Å². The number of aromatic nitrogens is 1. The molecule has 17 heavy (non-hydrogen) atoms. The van der Waals surface area contributed by atoms with Crippen LogP contribution < -0.4 is 4.74 Å². The van der Waals surface area contributed by atoms with E-state index in [-0.39, 0.29) is 16.7 Å². The molecule has 0 saturated heterocycles. The van der Waals surface area contributed by atoms with E-state index in [1.165, 1.54) is 18.3 Å². The largest absolute Gasteiger partial charge is 0.433 e. The number of ether oxygens (including phenoxy) is 1. The van der Waals surface area contributed by atoms with Crippen molar-refractivity contribution in [3.8, 4) is 11.6 Å². The van der Waals surface area contributed by atoms with Gasteiger partial charge in [0.25, 0.3) is 5.88 Å². The Morgan fingerprint density at radius 2 is 1.94 bits per heavy atom. The molecule has 0 spiro atoms. The topological polar surface area (TPSA) is 22.1 Å². The minimum atomic E-state index is -0.750. The summed E-state index contributed by atoms with van der Waals surface area (Å²) in [5, 5.41) is 0.145. The van der Waals surface area contributed by atoms with Crippen molar-refractivity contribution < 1.29 is 13.5 Å². The Kier molecular flexibility index (Phi) is 3.59. The molecule has 0 fully saturated rings. The molecule has 0 bridgehead atoms. The van der Waals surface area contributed by atoms with Gasteiger partial charge < -0.3 is 4.74 Å². The third-order valence-electron chi connectivity index (χ3n) is 1.87. The van der Waals surface area contributed by atoms with E-state index in [0.717, 1.165) is 6.07 Å². The van der Waals surface area contributed by atoms with Gasteiger partial charge >= 0.3 is 0 Å². The van der Waals surface area contributed by atoms with Crippen LogP contribution in [0.3, 0.4) is 0 Å². The van der Waals surface area contributed by atoms with E-state index < -0.39 is 11.6 Å².